The molecule has 3 heteroatoms. The van der Waals surface area contributed by atoms with Crippen molar-refractivity contribution in [3.05, 3.63) is 34.9 Å². The summed E-state index contributed by atoms with van der Waals surface area (Å²) in [6.07, 6.45) is 3.23. The van der Waals surface area contributed by atoms with Gasteiger partial charge in [0.15, 0.2) is 0 Å². The van der Waals surface area contributed by atoms with Crippen molar-refractivity contribution >= 4 is 11.6 Å². The lowest BCUT2D eigenvalue weighted by molar-refractivity contribution is 0.187. The van der Waals surface area contributed by atoms with Crippen LogP contribution < -0.4 is 5.32 Å². The Hall–Kier alpha value is -0.570. The molecule has 1 saturated carbocycles. The summed E-state index contributed by atoms with van der Waals surface area (Å²) in [6, 6.07) is 8.82. The maximum Gasteiger partial charge on any atom is 0.0436 e. The lowest BCUT2D eigenvalue weighted by atomic mass is 9.75. The van der Waals surface area contributed by atoms with Crippen LogP contribution in [0.5, 0.6) is 0 Å². The number of nitrogens with one attached hydrogen (secondary N) is 1. The monoisotopic (exact) mass is 281 g/mol. The molecule has 0 bridgehead atoms. The Bertz CT molecular complexity index is 413. The third-order valence-corrected chi connectivity index (χ3v) is 4.35. The first-order valence-electron chi connectivity index (χ1n) is 7.10. The molecule has 1 aromatic rings. The highest BCUT2D eigenvalue weighted by atomic mass is 35.5. The van der Waals surface area contributed by atoms with Crippen LogP contribution in [0.2, 0.25) is 5.02 Å². The van der Waals surface area contributed by atoms with E-state index in [9.17, 15) is 0 Å². The van der Waals surface area contributed by atoms with E-state index in [-0.39, 0.29) is 12.0 Å². The van der Waals surface area contributed by atoms with Crippen LogP contribution in [-0.2, 0) is 0 Å². The van der Waals surface area contributed by atoms with E-state index < -0.39 is 0 Å². The van der Waals surface area contributed by atoms with E-state index in [0.717, 1.165) is 18.0 Å². The summed E-state index contributed by atoms with van der Waals surface area (Å²) in [5.41, 5.74) is 1.54. The fourth-order valence-corrected chi connectivity index (χ4v) is 2.83. The van der Waals surface area contributed by atoms with Gasteiger partial charge in [0.2, 0.25) is 0 Å². The maximum absolute atomic E-state index is 9.01. The maximum atomic E-state index is 9.01. The zero-order valence-electron chi connectivity index (χ0n) is 11.8. The molecule has 0 radical (unpaired) electrons. The molecule has 1 aromatic carbocycles. The normalized spacial score (nSPS) is 23.2. The standard InChI is InChI=1S/C16H24ClNO/c1-16(2,6-7-19)11-18-15-9-13(10-15)12-4-3-5-14(17)8-12/h3-5,8,13,15,18-19H,6-7,9-11H2,1-2H3. The lowest BCUT2D eigenvalue weighted by Crippen LogP contribution is -2.44. The third-order valence-electron chi connectivity index (χ3n) is 4.12. The molecule has 0 atom stereocenters. The fourth-order valence-electron chi connectivity index (χ4n) is 2.63. The quantitative estimate of drug-likeness (QED) is 0.835. The fraction of sp³-hybridized carbons (Fsp3) is 0.625. The van der Waals surface area contributed by atoms with Crippen molar-refractivity contribution in [3.63, 3.8) is 0 Å². The van der Waals surface area contributed by atoms with Gasteiger partial charge in [-0.1, -0.05) is 37.6 Å². The van der Waals surface area contributed by atoms with Crippen molar-refractivity contribution in [2.24, 2.45) is 5.41 Å². The van der Waals surface area contributed by atoms with Crippen LogP contribution in [0.1, 0.15) is 44.6 Å². The minimum absolute atomic E-state index is 0.176. The average Bonchev–Trinajstić information content (AvgIpc) is 2.26. The predicted molar refractivity (Wildman–Crippen MR) is 80.7 cm³/mol. The molecule has 1 aliphatic carbocycles. The Kier molecular flexibility index (Phi) is 4.88. The number of halogens is 1. The molecule has 0 aromatic heterocycles. The molecule has 0 spiro atoms. The molecule has 2 nitrogen and oxygen atoms in total. The number of hydrogen-bond acceptors (Lipinski definition) is 2. The van der Waals surface area contributed by atoms with E-state index in [1.54, 1.807) is 0 Å². The predicted octanol–water partition coefficient (Wildman–Crippen LogP) is 3.58. The second kappa shape index (κ2) is 6.25. The summed E-state index contributed by atoms with van der Waals surface area (Å²) >= 11 is 6.02. The van der Waals surface area contributed by atoms with Gasteiger partial charge in [-0.3, -0.25) is 0 Å². The first-order chi connectivity index (χ1) is 9.00. The number of hydrogen-bond donors (Lipinski definition) is 2. The molecular weight excluding hydrogens is 258 g/mol. The number of aliphatic hydroxyl groups is 1. The van der Waals surface area contributed by atoms with Crippen LogP contribution >= 0.6 is 11.6 Å². The van der Waals surface area contributed by atoms with Crippen molar-refractivity contribution in [1.82, 2.24) is 5.32 Å². The van der Waals surface area contributed by atoms with Gasteiger partial charge >= 0.3 is 0 Å². The van der Waals surface area contributed by atoms with Crippen LogP contribution in [0, 0.1) is 5.41 Å². The van der Waals surface area contributed by atoms with Crippen LogP contribution in [0.4, 0.5) is 0 Å². The van der Waals surface area contributed by atoms with Gasteiger partial charge in [-0.05, 0) is 48.3 Å². The van der Waals surface area contributed by atoms with Crippen molar-refractivity contribution < 1.29 is 5.11 Å². The molecule has 106 valence electrons. The van der Waals surface area contributed by atoms with E-state index in [4.69, 9.17) is 16.7 Å². The number of rotatable bonds is 6. The molecule has 0 unspecified atom stereocenters. The lowest BCUT2D eigenvalue weighted by Gasteiger charge is -2.38. The highest BCUT2D eigenvalue weighted by Gasteiger charge is 2.31. The van der Waals surface area contributed by atoms with Gasteiger partial charge in [0.05, 0.1) is 0 Å². The Balaban J connectivity index is 1.75. The van der Waals surface area contributed by atoms with Crippen molar-refractivity contribution in [3.8, 4) is 0 Å². The topological polar surface area (TPSA) is 32.3 Å². The van der Waals surface area contributed by atoms with Crippen LogP contribution in [0.25, 0.3) is 0 Å². The third kappa shape index (κ3) is 4.20. The zero-order chi connectivity index (χ0) is 13.9. The van der Waals surface area contributed by atoms with E-state index in [0.29, 0.717) is 12.0 Å². The molecule has 0 saturated heterocycles. The van der Waals surface area contributed by atoms with Crippen LogP contribution in [0.15, 0.2) is 24.3 Å². The van der Waals surface area contributed by atoms with E-state index in [2.05, 4.69) is 31.3 Å². The van der Waals surface area contributed by atoms with Crippen molar-refractivity contribution in [1.29, 1.82) is 0 Å². The molecule has 0 heterocycles. The molecule has 19 heavy (non-hydrogen) atoms. The Morgan fingerprint density at radius 3 is 2.74 bits per heavy atom. The minimum Gasteiger partial charge on any atom is -0.396 e. The number of aliphatic hydroxyl groups excluding tert-OH is 1. The molecule has 2 rings (SSSR count). The first kappa shape index (κ1) is 14.8. The second-order valence-electron chi connectivity index (χ2n) is 6.44. The summed E-state index contributed by atoms with van der Waals surface area (Å²) in [7, 11) is 0. The summed E-state index contributed by atoms with van der Waals surface area (Å²) in [4.78, 5) is 0. The van der Waals surface area contributed by atoms with E-state index in [1.807, 2.05) is 12.1 Å². The molecular formula is C16H24ClNO. The van der Waals surface area contributed by atoms with Gasteiger partial charge in [-0.25, -0.2) is 0 Å². The Morgan fingerprint density at radius 2 is 2.11 bits per heavy atom. The van der Waals surface area contributed by atoms with E-state index in [1.165, 1.54) is 18.4 Å². The van der Waals surface area contributed by atoms with Gasteiger partial charge < -0.3 is 10.4 Å². The number of benzene rings is 1. The van der Waals surface area contributed by atoms with Gasteiger partial charge in [-0.2, -0.15) is 0 Å². The van der Waals surface area contributed by atoms with Crippen LogP contribution in [0.3, 0.4) is 0 Å². The highest BCUT2D eigenvalue weighted by molar-refractivity contribution is 6.30. The van der Waals surface area contributed by atoms with Gasteiger partial charge in [0.1, 0.15) is 0 Å². The minimum atomic E-state index is 0.176. The first-order valence-corrected chi connectivity index (χ1v) is 7.48. The van der Waals surface area contributed by atoms with Gasteiger partial charge in [0, 0.05) is 24.2 Å². The molecule has 1 fully saturated rings. The molecule has 0 amide bonds. The Labute approximate surface area is 121 Å². The summed E-state index contributed by atoms with van der Waals surface area (Å²) in [5.74, 6) is 0.650. The van der Waals surface area contributed by atoms with Crippen molar-refractivity contribution in [2.75, 3.05) is 13.2 Å². The zero-order valence-corrected chi connectivity index (χ0v) is 12.6. The van der Waals surface area contributed by atoms with E-state index >= 15 is 0 Å². The van der Waals surface area contributed by atoms with Gasteiger partial charge in [-0.15, -0.1) is 0 Å². The summed E-state index contributed by atoms with van der Waals surface area (Å²) < 4.78 is 0. The second-order valence-corrected chi connectivity index (χ2v) is 6.88. The summed E-state index contributed by atoms with van der Waals surface area (Å²) in [5, 5.41) is 13.5. The molecule has 0 aliphatic heterocycles. The smallest absolute Gasteiger partial charge is 0.0436 e. The largest absolute Gasteiger partial charge is 0.396 e. The SMILES string of the molecule is CC(C)(CCO)CNC1CC(c2cccc(Cl)c2)C1. The Morgan fingerprint density at radius 1 is 1.37 bits per heavy atom. The summed E-state index contributed by atoms with van der Waals surface area (Å²) in [6.45, 7) is 5.64. The van der Waals surface area contributed by atoms with Gasteiger partial charge in [0.25, 0.3) is 0 Å². The highest BCUT2D eigenvalue weighted by Crippen LogP contribution is 2.38. The van der Waals surface area contributed by atoms with Crippen LogP contribution in [-0.4, -0.2) is 24.3 Å². The van der Waals surface area contributed by atoms with Crippen molar-refractivity contribution in [2.45, 2.75) is 45.1 Å². The average molecular weight is 282 g/mol. The molecule has 2 N–H and O–H groups in total. The molecule has 1 aliphatic rings.